The minimum atomic E-state index is 0.0277. The van der Waals surface area contributed by atoms with Crippen LogP contribution in [-0.4, -0.2) is 48.1 Å². The molecule has 2 saturated heterocycles. The molecule has 5 nitrogen and oxygen atoms in total. The predicted molar refractivity (Wildman–Crippen MR) is 84.2 cm³/mol. The summed E-state index contributed by atoms with van der Waals surface area (Å²) in [5, 5.41) is 3.43. The largest absolute Gasteiger partial charge is 0.381 e. The first-order chi connectivity index (χ1) is 10.8. The predicted octanol–water partition coefficient (Wildman–Crippen LogP) is 1.59. The lowest BCUT2D eigenvalue weighted by Gasteiger charge is -2.32. The molecule has 0 radical (unpaired) electrons. The molecule has 0 spiro atoms. The summed E-state index contributed by atoms with van der Waals surface area (Å²) >= 11 is 0. The molecule has 3 heterocycles. The van der Waals surface area contributed by atoms with Crippen LogP contribution >= 0.6 is 0 Å². The number of carbonyl (C=O) groups excluding carboxylic acids is 1. The molecule has 0 bridgehead atoms. The maximum absolute atomic E-state index is 13.0. The smallest absolute Gasteiger partial charge is 0.228 e. The number of aromatic nitrogens is 1. The van der Waals surface area contributed by atoms with Crippen molar-refractivity contribution in [2.24, 2.45) is 5.92 Å². The van der Waals surface area contributed by atoms with Gasteiger partial charge < -0.3 is 15.0 Å². The number of nitrogens with zero attached hydrogens (tertiary/aromatic N) is 2. The van der Waals surface area contributed by atoms with Crippen LogP contribution in [0.5, 0.6) is 0 Å². The summed E-state index contributed by atoms with van der Waals surface area (Å²) < 4.78 is 5.42. The van der Waals surface area contributed by atoms with Crippen molar-refractivity contribution < 1.29 is 9.53 Å². The van der Waals surface area contributed by atoms with Gasteiger partial charge in [0.2, 0.25) is 5.91 Å². The number of ether oxygens (including phenoxy) is 1. The van der Waals surface area contributed by atoms with Crippen molar-refractivity contribution in [1.29, 1.82) is 0 Å². The van der Waals surface area contributed by atoms with E-state index >= 15 is 0 Å². The number of hydrogen-bond acceptors (Lipinski definition) is 4. The van der Waals surface area contributed by atoms with Gasteiger partial charge in [-0.15, -0.1) is 0 Å². The average molecular weight is 303 g/mol. The van der Waals surface area contributed by atoms with E-state index in [4.69, 9.17) is 4.74 Å². The molecule has 2 fully saturated rings. The number of amides is 1. The molecule has 2 atom stereocenters. The normalized spacial score (nSPS) is 25.6. The quantitative estimate of drug-likeness (QED) is 0.918. The maximum atomic E-state index is 13.0. The Morgan fingerprint density at radius 2 is 2.27 bits per heavy atom. The molecule has 0 aliphatic carbocycles. The van der Waals surface area contributed by atoms with E-state index < -0.39 is 0 Å². The summed E-state index contributed by atoms with van der Waals surface area (Å²) in [6.45, 7) is 3.93. The van der Waals surface area contributed by atoms with Gasteiger partial charge in [0, 0.05) is 18.8 Å². The SMILES string of the molecule is O=C(C1CCOC1)N(Cc1ccccn1)C1CCCNCC1. The van der Waals surface area contributed by atoms with Gasteiger partial charge in [-0.25, -0.2) is 0 Å². The van der Waals surface area contributed by atoms with Gasteiger partial charge in [-0.3, -0.25) is 9.78 Å². The molecule has 1 N–H and O–H groups in total. The molecular weight excluding hydrogens is 278 g/mol. The van der Waals surface area contributed by atoms with E-state index in [1.165, 1.54) is 0 Å². The molecule has 120 valence electrons. The van der Waals surface area contributed by atoms with Crippen LogP contribution in [0.15, 0.2) is 24.4 Å². The molecule has 1 aromatic rings. The number of hydrogen-bond donors (Lipinski definition) is 1. The summed E-state index contributed by atoms with van der Waals surface area (Å²) in [7, 11) is 0. The fourth-order valence-corrected chi connectivity index (χ4v) is 3.33. The van der Waals surface area contributed by atoms with Crippen LogP contribution in [-0.2, 0) is 16.1 Å². The standard InChI is InChI=1S/C17H25N3O2/c21-17(14-7-11-22-13-14)20(12-15-4-1-2-9-19-15)16-5-3-8-18-10-6-16/h1-2,4,9,14,16,18H,3,5-8,10-13H2. The van der Waals surface area contributed by atoms with E-state index in [1.54, 1.807) is 6.20 Å². The molecule has 5 heteroatoms. The zero-order valence-corrected chi connectivity index (χ0v) is 13.0. The van der Waals surface area contributed by atoms with Crippen LogP contribution in [0.25, 0.3) is 0 Å². The second-order valence-electron chi connectivity index (χ2n) is 6.18. The maximum Gasteiger partial charge on any atom is 0.228 e. The molecule has 22 heavy (non-hydrogen) atoms. The van der Waals surface area contributed by atoms with Crippen molar-refractivity contribution in [3.05, 3.63) is 30.1 Å². The molecule has 2 aliphatic heterocycles. The third-order valence-electron chi connectivity index (χ3n) is 4.61. The first kappa shape index (κ1) is 15.4. The lowest BCUT2D eigenvalue weighted by molar-refractivity contribution is -0.139. The van der Waals surface area contributed by atoms with E-state index in [9.17, 15) is 4.79 Å². The zero-order chi connectivity index (χ0) is 15.2. The molecule has 0 aromatic carbocycles. The van der Waals surface area contributed by atoms with Gasteiger partial charge in [0.15, 0.2) is 0 Å². The Kier molecular flexibility index (Phi) is 5.40. The lowest BCUT2D eigenvalue weighted by Crippen LogP contribution is -2.43. The Labute approximate surface area is 132 Å². The van der Waals surface area contributed by atoms with Crippen molar-refractivity contribution in [2.45, 2.75) is 38.3 Å². The molecule has 3 rings (SSSR count). The highest BCUT2D eigenvalue weighted by molar-refractivity contribution is 5.79. The Bertz CT molecular complexity index is 466. The van der Waals surface area contributed by atoms with Gasteiger partial charge in [0.05, 0.1) is 24.8 Å². The van der Waals surface area contributed by atoms with Crippen LogP contribution in [0.3, 0.4) is 0 Å². The van der Waals surface area contributed by atoms with Gasteiger partial charge in [0.1, 0.15) is 0 Å². The van der Waals surface area contributed by atoms with Gasteiger partial charge in [-0.2, -0.15) is 0 Å². The topological polar surface area (TPSA) is 54.5 Å². The first-order valence-electron chi connectivity index (χ1n) is 8.33. The highest BCUT2D eigenvalue weighted by Crippen LogP contribution is 2.22. The molecule has 1 amide bonds. The Balaban J connectivity index is 1.75. The van der Waals surface area contributed by atoms with Gasteiger partial charge in [0.25, 0.3) is 0 Å². The minimum Gasteiger partial charge on any atom is -0.381 e. The Morgan fingerprint density at radius 1 is 1.32 bits per heavy atom. The van der Waals surface area contributed by atoms with Gasteiger partial charge >= 0.3 is 0 Å². The van der Waals surface area contributed by atoms with E-state index in [1.807, 2.05) is 18.2 Å². The highest BCUT2D eigenvalue weighted by atomic mass is 16.5. The molecule has 2 aliphatic rings. The molecule has 0 saturated carbocycles. The van der Waals surface area contributed by atoms with Crippen molar-refractivity contribution in [1.82, 2.24) is 15.2 Å². The second kappa shape index (κ2) is 7.70. The van der Waals surface area contributed by atoms with Crippen molar-refractivity contribution in [3.8, 4) is 0 Å². The van der Waals surface area contributed by atoms with Crippen LogP contribution in [0, 0.1) is 5.92 Å². The van der Waals surface area contributed by atoms with Gasteiger partial charge in [-0.05, 0) is 50.9 Å². The van der Waals surface area contributed by atoms with Crippen LogP contribution < -0.4 is 5.32 Å². The lowest BCUT2D eigenvalue weighted by atomic mass is 10.0. The molecular formula is C17H25N3O2. The number of carbonyl (C=O) groups is 1. The average Bonchev–Trinajstić information content (AvgIpc) is 2.96. The summed E-state index contributed by atoms with van der Waals surface area (Å²) in [5.41, 5.74) is 0.965. The summed E-state index contributed by atoms with van der Waals surface area (Å²) in [6, 6.07) is 6.21. The van der Waals surface area contributed by atoms with Crippen molar-refractivity contribution >= 4 is 5.91 Å². The van der Waals surface area contributed by atoms with E-state index in [0.717, 1.165) is 44.5 Å². The van der Waals surface area contributed by atoms with Crippen LogP contribution in [0.4, 0.5) is 0 Å². The summed E-state index contributed by atoms with van der Waals surface area (Å²) in [4.78, 5) is 19.4. The fourth-order valence-electron chi connectivity index (χ4n) is 3.33. The second-order valence-corrected chi connectivity index (χ2v) is 6.18. The molecule has 1 aromatic heterocycles. The minimum absolute atomic E-state index is 0.0277. The summed E-state index contributed by atoms with van der Waals surface area (Å²) in [6.07, 6.45) is 5.86. The summed E-state index contributed by atoms with van der Waals surface area (Å²) in [5.74, 6) is 0.273. The molecule has 2 unspecified atom stereocenters. The highest BCUT2D eigenvalue weighted by Gasteiger charge is 2.32. The first-order valence-corrected chi connectivity index (χ1v) is 8.33. The Hall–Kier alpha value is -1.46. The third kappa shape index (κ3) is 3.84. The monoisotopic (exact) mass is 303 g/mol. The van der Waals surface area contributed by atoms with Crippen LogP contribution in [0.2, 0.25) is 0 Å². The number of pyridine rings is 1. The van der Waals surface area contributed by atoms with Gasteiger partial charge in [-0.1, -0.05) is 6.07 Å². The fraction of sp³-hybridized carbons (Fsp3) is 0.647. The van der Waals surface area contributed by atoms with Crippen molar-refractivity contribution in [3.63, 3.8) is 0 Å². The van der Waals surface area contributed by atoms with E-state index in [-0.39, 0.29) is 11.8 Å². The van der Waals surface area contributed by atoms with E-state index in [2.05, 4.69) is 15.2 Å². The van der Waals surface area contributed by atoms with E-state index in [0.29, 0.717) is 25.8 Å². The van der Waals surface area contributed by atoms with Crippen molar-refractivity contribution in [2.75, 3.05) is 26.3 Å². The third-order valence-corrected chi connectivity index (χ3v) is 4.61. The number of rotatable bonds is 4. The number of nitrogens with one attached hydrogen (secondary N) is 1. The van der Waals surface area contributed by atoms with Crippen LogP contribution in [0.1, 0.15) is 31.4 Å². The zero-order valence-electron chi connectivity index (χ0n) is 13.0. The Morgan fingerprint density at radius 3 is 3.05 bits per heavy atom.